The summed E-state index contributed by atoms with van der Waals surface area (Å²) in [6.07, 6.45) is -1.96. The van der Waals surface area contributed by atoms with Gasteiger partial charge >= 0.3 is 6.18 Å². The van der Waals surface area contributed by atoms with Gasteiger partial charge in [-0.15, -0.1) is 0 Å². The van der Waals surface area contributed by atoms with Gasteiger partial charge in [0.15, 0.2) is 5.11 Å². The summed E-state index contributed by atoms with van der Waals surface area (Å²) in [6.45, 7) is 7.00. The Balaban J connectivity index is 2.13. The lowest BCUT2D eigenvalue weighted by molar-refractivity contribution is -0.137. The van der Waals surface area contributed by atoms with Crippen molar-refractivity contribution < 1.29 is 18.0 Å². The number of benzene rings is 1. The summed E-state index contributed by atoms with van der Waals surface area (Å²) in [7, 11) is 0. The Bertz CT molecular complexity index is 672. The molecule has 1 saturated heterocycles. The van der Waals surface area contributed by atoms with E-state index in [4.69, 9.17) is 12.2 Å². The quantitative estimate of drug-likeness (QED) is 0.753. The van der Waals surface area contributed by atoms with Gasteiger partial charge in [-0.25, -0.2) is 0 Å². The minimum absolute atomic E-state index is 0.0632. The average molecular weight is 401 g/mol. The number of nitrogens with one attached hydrogen (secondary N) is 1. The first-order valence-electron chi connectivity index (χ1n) is 9.15. The topological polar surface area (TPSA) is 35.6 Å². The van der Waals surface area contributed by atoms with E-state index in [-0.39, 0.29) is 18.0 Å². The normalized spacial score (nSPS) is 16.7. The first-order chi connectivity index (χ1) is 12.6. The number of piperidine rings is 1. The fourth-order valence-corrected chi connectivity index (χ4v) is 3.79. The van der Waals surface area contributed by atoms with E-state index in [1.807, 2.05) is 4.90 Å². The number of anilines is 1. The van der Waals surface area contributed by atoms with Crippen molar-refractivity contribution in [2.75, 3.05) is 18.4 Å². The van der Waals surface area contributed by atoms with Crippen LogP contribution in [0.5, 0.6) is 0 Å². The number of rotatable bonds is 4. The summed E-state index contributed by atoms with van der Waals surface area (Å²) in [5, 5.41) is 3.40. The summed E-state index contributed by atoms with van der Waals surface area (Å²) < 4.78 is 38.8. The molecule has 0 radical (unpaired) electrons. The Hall–Kier alpha value is -1.83. The van der Waals surface area contributed by atoms with E-state index in [2.05, 4.69) is 24.1 Å². The zero-order chi connectivity index (χ0) is 20.2. The maximum Gasteiger partial charge on any atom is 0.416 e. The SMILES string of the molecule is CC[C@@H](C)N(C(=S)Nc1cccc(C(F)(F)F)c1)C1CCN(C(C)=O)CC1. The molecule has 1 aromatic carbocycles. The van der Waals surface area contributed by atoms with Crippen LogP contribution in [0.15, 0.2) is 24.3 Å². The van der Waals surface area contributed by atoms with Gasteiger partial charge in [0.1, 0.15) is 0 Å². The molecule has 27 heavy (non-hydrogen) atoms. The van der Waals surface area contributed by atoms with Crippen LogP contribution in [0.2, 0.25) is 0 Å². The molecule has 1 fully saturated rings. The van der Waals surface area contributed by atoms with E-state index in [9.17, 15) is 18.0 Å². The van der Waals surface area contributed by atoms with Crippen molar-refractivity contribution >= 4 is 28.9 Å². The first-order valence-corrected chi connectivity index (χ1v) is 9.56. The lowest BCUT2D eigenvalue weighted by atomic mass is 10.0. The molecule has 0 saturated carbocycles. The lowest BCUT2D eigenvalue weighted by Crippen LogP contribution is -2.52. The van der Waals surface area contributed by atoms with Crippen LogP contribution in [0.3, 0.4) is 0 Å². The zero-order valence-electron chi connectivity index (χ0n) is 15.8. The number of hydrogen-bond donors (Lipinski definition) is 1. The number of hydrogen-bond acceptors (Lipinski definition) is 2. The van der Waals surface area contributed by atoms with Crippen LogP contribution in [-0.2, 0) is 11.0 Å². The first kappa shape index (κ1) is 21.5. The Morgan fingerprint density at radius 2 is 2.00 bits per heavy atom. The monoisotopic (exact) mass is 401 g/mol. The van der Waals surface area contributed by atoms with Gasteiger partial charge in [-0.05, 0) is 56.6 Å². The van der Waals surface area contributed by atoms with Gasteiger partial charge in [-0.2, -0.15) is 13.2 Å². The van der Waals surface area contributed by atoms with Crippen molar-refractivity contribution in [3.63, 3.8) is 0 Å². The molecular weight excluding hydrogens is 375 g/mol. The van der Waals surface area contributed by atoms with Crippen molar-refractivity contribution in [2.45, 2.75) is 58.3 Å². The van der Waals surface area contributed by atoms with Gasteiger partial charge in [0, 0.05) is 37.8 Å². The third-order valence-corrected chi connectivity index (χ3v) is 5.36. The third-order valence-electron chi connectivity index (χ3n) is 5.04. The van der Waals surface area contributed by atoms with Gasteiger partial charge < -0.3 is 15.1 Å². The molecule has 1 aliphatic rings. The fraction of sp³-hybridized carbons (Fsp3) is 0.579. The number of amides is 1. The Morgan fingerprint density at radius 3 is 2.52 bits per heavy atom. The minimum Gasteiger partial charge on any atom is -0.343 e. The molecule has 0 bridgehead atoms. The highest BCUT2D eigenvalue weighted by Crippen LogP contribution is 2.31. The lowest BCUT2D eigenvalue weighted by Gasteiger charge is -2.42. The van der Waals surface area contributed by atoms with Crippen LogP contribution in [0.4, 0.5) is 18.9 Å². The second-order valence-corrected chi connectivity index (χ2v) is 7.30. The van der Waals surface area contributed by atoms with Crippen molar-refractivity contribution in [1.29, 1.82) is 0 Å². The highest BCUT2D eigenvalue weighted by Gasteiger charge is 2.32. The molecule has 0 unspecified atom stereocenters. The van der Waals surface area contributed by atoms with Crippen LogP contribution < -0.4 is 5.32 Å². The summed E-state index contributed by atoms with van der Waals surface area (Å²) in [6, 6.07) is 5.35. The highest BCUT2D eigenvalue weighted by atomic mass is 32.1. The Morgan fingerprint density at radius 1 is 1.37 bits per heavy atom. The van der Waals surface area contributed by atoms with Crippen molar-refractivity contribution in [2.24, 2.45) is 0 Å². The number of likely N-dealkylation sites (tertiary alicyclic amines) is 1. The Kier molecular flexibility index (Phi) is 7.08. The van der Waals surface area contributed by atoms with E-state index < -0.39 is 11.7 Å². The molecule has 1 heterocycles. The minimum atomic E-state index is -4.39. The van der Waals surface area contributed by atoms with E-state index >= 15 is 0 Å². The van der Waals surface area contributed by atoms with Gasteiger partial charge in [-0.3, -0.25) is 4.79 Å². The molecule has 1 aromatic rings. The van der Waals surface area contributed by atoms with Crippen LogP contribution in [-0.4, -0.2) is 46.0 Å². The standard InChI is InChI=1S/C19H26F3N3OS/c1-4-13(2)25(17-8-10-24(11-9-17)14(3)26)18(27)23-16-7-5-6-15(12-16)19(20,21)22/h5-7,12-13,17H,4,8-11H2,1-3H3,(H,23,27)/t13-/m1/s1. The second-order valence-electron chi connectivity index (χ2n) is 6.91. The molecule has 0 aromatic heterocycles. The highest BCUT2D eigenvalue weighted by molar-refractivity contribution is 7.80. The largest absolute Gasteiger partial charge is 0.416 e. The molecule has 1 aliphatic heterocycles. The number of carbonyl (C=O) groups is 1. The number of carbonyl (C=O) groups excluding carboxylic acids is 1. The van der Waals surface area contributed by atoms with Crippen LogP contribution in [0.1, 0.15) is 45.6 Å². The third kappa shape index (κ3) is 5.57. The van der Waals surface area contributed by atoms with Crippen molar-refractivity contribution in [1.82, 2.24) is 9.80 Å². The summed E-state index contributed by atoms with van der Waals surface area (Å²) in [4.78, 5) is 15.4. The second kappa shape index (κ2) is 8.91. The number of alkyl halides is 3. The predicted octanol–water partition coefficient (Wildman–Crippen LogP) is 4.51. The molecule has 1 N–H and O–H groups in total. The molecule has 1 amide bonds. The van der Waals surface area contributed by atoms with Gasteiger partial charge in [0.25, 0.3) is 0 Å². The molecular formula is C19H26F3N3OS. The maximum atomic E-state index is 12.9. The summed E-state index contributed by atoms with van der Waals surface area (Å²) in [5.41, 5.74) is -0.385. The Labute approximate surface area is 163 Å². The van der Waals surface area contributed by atoms with Crippen LogP contribution in [0.25, 0.3) is 0 Å². The van der Waals surface area contributed by atoms with Crippen molar-refractivity contribution in [3.05, 3.63) is 29.8 Å². The molecule has 4 nitrogen and oxygen atoms in total. The van der Waals surface area contributed by atoms with Gasteiger partial charge in [-0.1, -0.05) is 13.0 Å². The summed E-state index contributed by atoms with van der Waals surface area (Å²) in [5.74, 6) is 0.0632. The summed E-state index contributed by atoms with van der Waals surface area (Å²) >= 11 is 5.55. The molecule has 2 rings (SSSR count). The average Bonchev–Trinajstić information content (AvgIpc) is 2.61. The van der Waals surface area contributed by atoms with E-state index in [1.54, 1.807) is 13.0 Å². The van der Waals surface area contributed by atoms with Crippen molar-refractivity contribution in [3.8, 4) is 0 Å². The van der Waals surface area contributed by atoms with Gasteiger partial charge in [0.2, 0.25) is 5.91 Å². The van der Waals surface area contributed by atoms with Crippen LogP contribution in [0, 0.1) is 0 Å². The number of halogens is 3. The molecule has 1 atom stereocenters. The number of nitrogens with zero attached hydrogens (tertiary/aromatic N) is 2. The van der Waals surface area contributed by atoms with E-state index in [0.29, 0.717) is 23.9 Å². The molecule has 0 aliphatic carbocycles. The van der Waals surface area contributed by atoms with E-state index in [1.165, 1.54) is 6.07 Å². The van der Waals surface area contributed by atoms with Crippen LogP contribution >= 0.6 is 12.2 Å². The van der Waals surface area contributed by atoms with E-state index in [0.717, 1.165) is 31.4 Å². The zero-order valence-corrected chi connectivity index (χ0v) is 16.7. The predicted molar refractivity (Wildman–Crippen MR) is 105 cm³/mol. The number of thiocarbonyl (C=S) groups is 1. The molecule has 150 valence electrons. The van der Waals surface area contributed by atoms with Gasteiger partial charge in [0.05, 0.1) is 5.56 Å². The smallest absolute Gasteiger partial charge is 0.343 e. The fourth-order valence-electron chi connectivity index (χ4n) is 3.34. The molecule has 0 spiro atoms. The maximum absolute atomic E-state index is 12.9. The molecule has 8 heteroatoms.